The lowest BCUT2D eigenvalue weighted by molar-refractivity contribution is -0.174. The summed E-state index contributed by atoms with van der Waals surface area (Å²) in [5.41, 5.74) is 2.24. The van der Waals surface area contributed by atoms with Gasteiger partial charge in [-0.1, -0.05) is 31.2 Å². The normalized spacial score (nSPS) is 17.8. The number of benzene rings is 1. The molecule has 0 aliphatic carbocycles. The number of hydrogen-bond acceptors (Lipinski definition) is 3. The maximum Gasteiger partial charge on any atom is 0.0681 e. The van der Waals surface area contributed by atoms with Gasteiger partial charge in [0, 0.05) is 11.8 Å². The molecule has 1 N–H and O–H groups in total. The van der Waals surface area contributed by atoms with Crippen molar-refractivity contribution in [2.45, 2.75) is 45.8 Å². The van der Waals surface area contributed by atoms with Crippen LogP contribution in [0.1, 0.15) is 38.3 Å². The maximum absolute atomic E-state index is 9.06. The molecule has 0 aromatic heterocycles. The molecule has 0 bridgehead atoms. The molecule has 0 spiro atoms. The summed E-state index contributed by atoms with van der Waals surface area (Å²) >= 11 is 0. The van der Waals surface area contributed by atoms with Gasteiger partial charge in [-0.25, -0.2) is 0 Å². The molecular weight excluding hydrogens is 252 g/mol. The van der Waals surface area contributed by atoms with Crippen LogP contribution in [0.2, 0.25) is 0 Å². The molecule has 3 heteroatoms. The van der Waals surface area contributed by atoms with E-state index in [1.54, 1.807) is 0 Å². The standard InChI is InChI=1S/C17H26O3/c1-4-17(11-19-12-17)13-20-16(2,3)9-14-5-7-15(10-18)8-6-14/h5-8,18H,4,9-13H2,1-3H3. The molecule has 1 aromatic rings. The summed E-state index contributed by atoms with van der Waals surface area (Å²) in [4.78, 5) is 0. The highest BCUT2D eigenvalue weighted by Crippen LogP contribution is 2.33. The fourth-order valence-corrected chi connectivity index (χ4v) is 2.43. The van der Waals surface area contributed by atoms with Gasteiger partial charge in [-0.3, -0.25) is 0 Å². The van der Waals surface area contributed by atoms with Gasteiger partial charge in [0.1, 0.15) is 0 Å². The number of rotatable bonds is 7. The van der Waals surface area contributed by atoms with Gasteiger partial charge in [-0.05, 0) is 31.4 Å². The highest BCUT2D eigenvalue weighted by molar-refractivity contribution is 5.23. The Kier molecular flexibility index (Phi) is 4.84. The Morgan fingerprint density at radius 2 is 1.80 bits per heavy atom. The van der Waals surface area contributed by atoms with Crippen LogP contribution in [0, 0.1) is 5.41 Å². The number of aliphatic hydroxyl groups is 1. The molecule has 1 aliphatic heterocycles. The predicted molar refractivity (Wildman–Crippen MR) is 79.6 cm³/mol. The Morgan fingerprint density at radius 1 is 1.20 bits per heavy atom. The van der Waals surface area contributed by atoms with Gasteiger partial charge in [0.15, 0.2) is 0 Å². The minimum Gasteiger partial charge on any atom is -0.392 e. The van der Waals surface area contributed by atoms with Crippen LogP contribution in [0.25, 0.3) is 0 Å². The molecule has 1 fully saturated rings. The average molecular weight is 278 g/mol. The van der Waals surface area contributed by atoms with E-state index in [1.165, 1.54) is 5.56 Å². The Bertz CT molecular complexity index is 413. The third-order valence-electron chi connectivity index (χ3n) is 4.17. The van der Waals surface area contributed by atoms with Crippen LogP contribution in [0.5, 0.6) is 0 Å². The predicted octanol–water partition coefficient (Wildman–Crippen LogP) is 2.94. The second-order valence-corrected chi connectivity index (χ2v) is 6.55. The first-order chi connectivity index (χ1) is 9.49. The number of aliphatic hydroxyl groups excluding tert-OH is 1. The fourth-order valence-electron chi connectivity index (χ4n) is 2.43. The van der Waals surface area contributed by atoms with Crippen LogP contribution in [-0.2, 0) is 22.5 Å². The van der Waals surface area contributed by atoms with Crippen LogP contribution >= 0.6 is 0 Å². The number of ether oxygens (including phenoxy) is 2. The van der Waals surface area contributed by atoms with Gasteiger partial charge in [0.05, 0.1) is 32.0 Å². The summed E-state index contributed by atoms with van der Waals surface area (Å²) in [6, 6.07) is 8.08. The molecule has 0 radical (unpaired) electrons. The summed E-state index contributed by atoms with van der Waals surface area (Å²) in [5, 5.41) is 9.06. The van der Waals surface area contributed by atoms with Crippen LogP contribution in [0.3, 0.4) is 0 Å². The highest BCUT2D eigenvalue weighted by atomic mass is 16.5. The van der Waals surface area contributed by atoms with Crippen molar-refractivity contribution < 1.29 is 14.6 Å². The monoisotopic (exact) mass is 278 g/mol. The minimum atomic E-state index is -0.182. The SMILES string of the molecule is CCC1(COC(C)(C)Cc2ccc(CO)cc2)COC1. The lowest BCUT2D eigenvalue weighted by atomic mass is 9.84. The first-order valence-corrected chi connectivity index (χ1v) is 7.39. The van der Waals surface area contributed by atoms with E-state index in [0.29, 0.717) is 0 Å². The summed E-state index contributed by atoms with van der Waals surface area (Å²) in [6.45, 7) is 8.98. The van der Waals surface area contributed by atoms with Crippen molar-refractivity contribution in [1.82, 2.24) is 0 Å². The summed E-state index contributed by atoms with van der Waals surface area (Å²) in [7, 11) is 0. The summed E-state index contributed by atoms with van der Waals surface area (Å²) in [5.74, 6) is 0. The largest absolute Gasteiger partial charge is 0.392 e. The van der Waals surface area contributed by atoms with Crippen molar-refractivity contribution >= 4 is 0 Å². The Hall–Kier alpha value is -0.900. The smallest absolute Gasteiger partial charge is 0.0681 e. The van der Waals surface area contributed by atoms with Crippen molar-refractivity contribution in [3.8, 4) is 0 Å². The van der Waals surface area contributed by atoms with E-state index in [0.717, 1.165) is 38.2 Å². The van der Waals surface area contributed by atoms with Gasteiger partial charge in [0.25, 0.3) is 0 Å². The Morgan fingerprint density at radius 3 is 2.25 bits per heavy atom. The van der Waals surface area contributed by atoms with Crippen molar-refractivity contribution in [3.05, 3.63) is 35.4 Å². The zero-order chi connectivity index (χ0) is 14.6. The third kappa shape index (κ3) is 3.81. The van der Waals surface area contributed by atoms with Crippen molar-refractivity contribution in [1.29, 1.82) is 0 Å². The van der Waals surface area contributed by atoms with E-state index in [-0.39, 0.29) is 17.6 Å². The topological polar surface area (TPSA) is 38.7 Å². The Labute approximate surface area is 121 Å². The Balaban J connectivity index is 1.89. The van der Waals surface area contributed by atoms with E-state index in [1.807, 2.05) is 12.1 Å². The van der Waals surface area contributed by atoms with E-state index >= 15 is 0 Å². The van der Waals surface area contributed by atoms with Gasteiger partial charge in [-0.15, -0.1) is 0 Å². The van der Waals surface area contributed by atoms with Crippen molar-refractivity contribution in [2.75, 3.05) is 19.8 Å². The second kappa shape index (κ2) is 6.25. The first kappa shape index (κ1) is 15.5. The van der Waals surface area contributed by atoms with Crippen LogP contribution in [0.15, 0.2) is 24.3 Å². The quantitative estimate of drug-likeness (QED) is 0.833. The zero-order valence-electron chi connectivity index (χ0n) is 12.8. The molecule has 0 saturated carbocycles. The van der Waals surface area contributed by atoms with E-state index in [9.17, 15) is 0 Å². The van der Waals surface area contributed by atoms with Crippen molar-refractivity contribution in [3.63, 3.8) is 0 Å². The molecule has 1 heterocycles. The molecule has 112 valence electrons. The van der Waals surface area contributed by atoms with Crippen LogP contribution in [-0.4, -0.2) is 30.5 Å². The maximum atomic E-state index is 9.06. The summed E-state index contributed by atoms with van der Waals surface area (Å²) < 4.78 is 11.5. The van der Waals surface area contributed by atoms with E-state index in [2.05, 4.69) is 32.9 Å². The second-order valence-electron chi connectivity index (χ2n) is 6.55. The third-order valence-corrected chi connectivity index (χ3v) is 4.17. The zero-order valence-corrected chi connectivity index (χ0v) is 12.8. The van der Waals surface area contributed by atoms with Gasteiger partial charge in [-0.2, -0.15) is 0 Å². The average Bonchev–Trinajstić information content (AvgIpc) is 2.38. The van der Waals surface area contributed by atoms with Gasteiger partial charge >= 0.3 is 0 Å². The molecule has 0 amide bonds. The molecule has 1 aromatic carbocycles. The molecule has 1 saturated heterocycles. The highest BCUT2D eigenvalue weighted by Gasteiger charge is 2.38. The van der Waals surface area contributed by atoms with Crippen LogP contribution < -0.4 is 0 Å². The number of hydrogen-bond donors (Lipinski definition) is 1. The molecule has 2 rings (SSSR count). The van der Waals surface area contributed by atoms with E-state index in [4.69, 9.17) is 14.6 Å². The first-order valence-electron chi connectivity index (χ1n) is 7.39. The van der Waals surface area contributed by atoms with Gasteiger partial charge < -0.3 is 14.6 Å². The van der Waals surface area contributed by atoms with Gasteiger partial charge in [0.2, 0.25) is 0 Å². The minimum absolute atomic E-state index is 0.0964. The molecule has 3 nitrogen and oxygen atoms in total. The van der Waals surface area contributed by atoms with E-state index < -0.39 is 0 Å². The summed E-state index contributed by atoms with van der Waals surface area (Å²) in [6.07, 6.45) is 1.98. The lowest BCUT2D eigenvalue weighted by Gasteiger charge is -2.42. The molecular formula is C17H26O3. The van der Waals surface area contributed by atoms with Crippen LogP contribution in [0.4, 0.5) is 0 Å². The molecule has 1 aliphatic rings. The fraction of sp³-hybridized carbons (Fsp3) is 0.647. The molecule has 0 unspecified atom stereocenters. The molecule has 20 heavy (non-hydrogen) atoms. The lowest BCUT2D eigenvalue weighted by Crippen LogP contribution is -2.47. The van der Waals surface area contributed by atoms with Crippen molar-refractivity contribution in [2.24, 2.45) is 5.41 Å². The molecule has 0 atom stereocenters.